The summed E-state index contributed by atoms with van der Waals surface area (Å²) in [6.07, 6.45) is 2.15. The van der Waals surface area contributed by atoms with E-state index in [9.17, 15) is 8.42 Å². The SMILES string of the molecule is CC1CC(C)CN(S(=O)(=O)N2CC[C@H]3CNC[C@H]32)C1. The lowest BCUT2D eigenvalue weighted by Crippen LogP contribution is -2.51. The van der Waals surface area contributed by atoms with Crippen LogP contribution >= 0.6 is 0 Å². The summed E-state index contributed by atoms with van der Waals surface area (Å²) in [7, 11) is -3.26. The maximum absolute atomic E-state index is 12.8. The first-order valence-electron chi connectivity index (χ1n) is 7.46. The number of piperidine rings is 1. The van der Waals surface area contributed by atoms with Crippen molar-refractivity contribution in [2.45, 2.75) is 32.7 Å². The van der Waals surface area contributed by atoms with Crippen LogP contribution in [0.25, 0.3) is 0 Å². The molecule has 3 heterocycles. The Morgan fingerprint density at radius 2 is 1.79 bits per heavy atom. The summed E-state index contributed by atoms with van der Waals surface area (Å²) in [5, 5.41) is 3.32. The Hall–Kier alpha value is -0.170. The largest absolute Gasteiger partial charge is 0.315 e. The zero-order valence-corrected chi connectivity index (χ0v) is 12.7. The molecule has 4 atom stereocenters. The Kier molecular flexibility index (Phi) is 3.62. The van der Waals surface area contributed by atoms with Crippen LogP contribution in [0.3, 0.4) is 0 Å². The van der Waals surface area contributed by atoms with E-state index in [-0.39, 0.29) is 6.04 Å². The summed E-state index contributed by atoms with van der Waals surface area (Å²) in [5.41, 5.74) is 0. The van der Waals surface area contributed by atoms with Gasteiger partial charge in [-0.2, -0.15) is 17.0 Å². The number of nitrogens with zero attached hydrogens (tertiary/aromatic N) is 2. The van der Waals surface area contributed by atoms with E-state index in [4.69, 9.17) is 0 Å². The minimum atomic E-state index is -3.26. The van der Waals surface area contributed by atoms with Gasteiger partial charge in [0.25, 0.3) is 10.2 Å². The fraction of sp³-hybridized carbons (Fsp3) is 1.00. The molecule has 0 spiro atoms. The lowest BCUT2D eigenvalue weighted by molar-refractivity contribution is 0.206. The Morgan fingerprint density at radius 3 is 2.47 bits per heavy atom. The van der Waals surface area contributed by atoms with Gasteiger partial charge in [-0.05, 0) is 37.1 Å². The molecule has 0 saturated carbocycles. The van der Waals surface area contributed by atoms with Crippen molar-refractivity contribution in [2.24, 2.45) is 17.8 Å². The summed E-state index contributed by atoms with van der Waals surface area (Å²) >= 11 is 0. The molecule has 0 bridgehead atoms. The highest BCUT2D eigenvalue weighted by Crippen LogP contribution is 2.33. The molecule has 0 amide bonds. The number of hydrogen-bond donors (Lipinski definition) is 1. The van der Waals surface area contributed by atoms with Crippen molar-refractivity contribution in [3.63, 3.8) is 0 Å². The van der Waals surface area contributed by atoms with E-state index in [2.05, 4.69) is 19.2 Å². The maximum atomic E-state index is 12.8. The summed E-state index contributed by atoms with van der Waals surface area (Å²) in [6.45, 7) is 8.19. The van der Waals surface area contributed by atoms with Gasteiger partial charge in [0.1, 0.15) is 0 Å². The molecule has 0 aliphatic carbocycles. The van der Waals surface area contributed by atoms with Crippen LogP contribution in [-0.4, -0.2) is 55.8 Å². The minimum absolute atomic E-state index is 0.192. The molecule has 3 saturated heterocycles. The van der Waals surface area contributed by atoms with Gasteiger partial charge in [0.05, 0.1) is 0 Å². The van der Waals surface area contributed by atoms with Crippen molar-refractivity contribution in [1.82, 2.24) is 13.9 Å². The third-order valence-electron chi connectivity index (χ3n) is 4.85. The lowest BCUT2D eigenvalue weighted by atomic mass is 9.94. The quantitative estimate of drug-likeness (QED) is 0.805. The highest BCUT2D eigenvalue weighted by molar-refractivity contribution is 7.86. The van der Waals surface area contributed by atoms with Gasteiger partial charge in [0, 0.05) is 32.2 Å². The maximum Gasteiger partial charge on any atom is 0.282 e. The fourth-order valence-corrected chi connectivity index (χ4v) is 6.15. The molecule has 0 aromatic heterocycles. The zero-order chi connectivity index (χ0) is 13.6. The normalized spacial score (nSPS) is 41.6. The van der Waals surface area contributed by atoms with E-state index in [1.807, 2.05) is 0 Å². The van der Waals surface area contributed by atoms with Crippen LogP contribution in [0.4, 0.5) is 0 Å². The number of fused-ring (bicyclic) bond motifs is 1. The van der Waals surface area contributed by atoms with Gasteiger partial charge in [-0.25, -0.2) is 0 Å². The van der Waals surface area contributed by atoms with Crippen LogP contribution in [0.5, 0.6) is 0 Å². The van der Waals surface area contributed by atoms with Crippen molar-refractivity contribution >= 4 is 10.2 Å². The second-order valence-electron chi connectivity index (χ2n) is 6.66. The van der Waals surface area contributed by atoms with Crippen molar-refractivity contribution in [1.29, 1.82) is 0 Å². The van der Waals surface area contributed by atoms with E-state index in [0.717, 1.165) is 25.9 Å². The average Bonchev–Trinajstić information content (AvgIpc) is 2.88. The highest BCUT2D eigenvalue weighted by Gasteiger charge is 2.46. The van der Waals surface area contributed by atoms with Crippen molar-refractivity contribution < 1.29 is 8.42 Å². The van der Waals surface area contributed by atoms with Gasteiger partial charge < -0.3 is 5.32 Å². The van der Waals surface area contributed by atoms with Crippen LogP contribution in [0, 0.1) is 17.8 Å². The van der Waals surface area contributed by atoms with Crippen LogP contribution < -0.4 is 5.32 Å². The summed E-state index contributed by atoms with van der Waals surface area (Å²) in [5.74, 6) is 1.46. The van der Waals surface area contributed by atoms with E-state index in [1.54, 1.807) is 8.61 Å². The lowest BCUT2D eigenvalue weighted by Gasteiger charge is -2.37. The fourth-order valence-electron chi connectivity index (χ4n) is 4.04. The van der Waals surface area contributed by atoms with Gasteiger partial charge >= 0.3 is 0 Å². The second-order valence-corrected chi connectivity index (χ2v) is 8.54. The summed E-state index contributed by atoms with van der Waals surface area (Å²) in [4.78, 5) is 0. The molecule has 0 aromatic rings. The van der Waals surface area contributed by atoms with E-state index < -0.39 is 10.2 Å². The molecule has 3 aliphatic rings. The molecular weight excluding hydrogens is 262 g/mol. The molecule has 1 N–H and O–H groups in total. The predicted octanol–water partition coefficient (Wildman–Crippen LogP) is 0.503. The summed E-state index contributed by atoms with van der Waals surface area (Å²) in [6, 6.07) is 0.192. The molecule has 0 radical (unpaired) electrons. The van der Waals surface area contributed by atoms with Gasteiger partial charge in [-0.15, -0.1) is 0 Å². The second kappa shape index (κ2) is 4.98. The third-order valence-corrected chi connectivity index (χ3v) is 6.85. The van der Waals surface area contributed by atoms with Crippen LogP contribution in [-0.2, 0) is 10.2 Å². The minimum Gasteiger partial charge on any atom is -0.315 e. The van der Waals surface area contributed by atoms with Gasteiger partial charge in [-0.1, -0.05) is 13.8 Å². The van der Waals surface area contributed by atoms with Crippen molar-refractivity contribution in [2.75, 3.05) is 32.7 Å². The number of hydrogen-bond acceptors (Lipinski definition) is 3. The molecule has 3 rings (SSSR count). The Bertz CT molecular complexity index is 429. The van der Waals surface area contributed by atoms with Gasteiger partial charge in [0.15, 0.2) is 0 Å². The van der Waals surface area contributed by atoms with E-state index >= 15 is 0 Å². The standard InChI is InChI=1S/C13H25N3O2S/c1-10-5-11(2)9-15(8-10)19(17,18)16-4-3-12-6-14-7-13(12)16/h10-14H,3-9H2,1-2H3/t10?,11?,12-,13+/m0/s1. The predicted molar refractivity (Wildman–Crippen MR) is 74.9 cm³/mol. The smallest absolute Gasteiger partial charge is 0.282 e. The van der Waals surface area contributed by atoms with E-state index in [1.165, 1.54) is 0 Å². The first kappa shape index (κ1) is 13.8. The average molecular weight is 287 g/mol. The van der Waals surface area contributed by atoms with Gasteiger partial charge in [-0.3, -0.25) is 0 Å². The molecule has 6 heteroatoms. The Morgan fingerprint density at radius 1 is 1.11 bits per heavy atom. The van der Waals surface area contributed by atoms with E-state index in [0.29, 0.717) is 37.4 Å². The first-order valence-corrected chi connectivity index (χ1v) is 8.86. The van der Waals surface area contributed by atoms with Crippen LogP contribution in [0.1, 0.15) is 26.7 Å². The molecule has 3 fully saturated rings. The molecule has 5 nitrogen and oxygen atoms in total. The third kappa shape index (κ3) is 2.44. The van der Waals surface area contributed by atoms with Crippen LogP contribution in [0.15, 0.2) is 0 Å². The highest BCUT2D eigenvalue weighted by atomic mass is 32.2. The number of nitrogens with one attached hydrogen (secondary N) is 1. The topological polar surface area (TPSA) is 52.7 Å². The molecular formula is C13H25N3O2S. The van der Waals surface area contributed by atoms with Crippen LogP contribution in [0.2, 0.25) is 0 Å². The first-order chi connectivity index (χ1) is 8.98. The molecule has 19 heavy (non-hydrogen) atoms. The monoisotopic (exact) mass is 287 g/mol. The summed E-state index contributed by atoms with van der Waals surface area (Å²) < 4.78 is 29.2. The Balaban J connectivity index is 1.78. The Labute approximate surface area is 116 Å². The van der Waals surface area contributed by atoms with Gasteiger partial charge in [0.2, 0.25) is 0 Å². The zero-order valence-electron chi connectivity index (χ0n) is 11.9. The molecule has 0 aromatic carbocycles. The molecule has 2 unspecified atom stereocenters. The van der Waals surface area contributed by atoms with Crippen molar-refractivity contribution in [3.05, 3.63) is 0 Å². The molecule has 3 aliphatic heterocycles. The number of rotatable bonds is 2. The van der Waals surface area contributed by atoms with Crippen molar-refractivity contribution in [3.8, 4) is 0 Å². The molecule has 110 valence electrons.